The molecule has 1 aliphatic carbocycles. The van der Waals surface area contributed by atoms with Crippen molar-refractivity contribution in [2.45, 2.75) is 89.3 Å². The van der Waals surface area contributed by atoms with Gasteiger partial charge in [0.25, 0.3) is 0 Å². The molecule has 1 saturated heterocycles. The van der Waals surface area contributed by atoms with Crippen molar-refractivity contribution < 1.29 is 9.53 Å². The predicted octanol–water partition coefficient (Wildman–Crippen LogP) is 2.75. The third-order valence-electron chi connectivity index (χ3n) is 5.44. The van der Waals surface area contributed by atoms with Crippen molar-refractivity contribution in [3.05, 3.63) is 0 Å². The third kappa shape index (κ3) is 4.68. The van der Waals surface area contributed by atoms with E-state index in [9.17, 15) is 4.79 Å². The summed E-state index contributed by atoms with van der Waals surface area (Å²) in [6, 6.07) is 0.580. The summed E-state index contributed by atoms with van der Waals surface area (Å²) >= 11 is 0. The Morgan fingerprint density at radius 2 is 2.05 bits per heavy atom. The number of ether oxygens (including phenoxy) is 1. The molecule has 3 atom stereocenters. The Labute approximate surface area is 129 Å². The van der Waals surface area contributed by atoms with Gasteiger partial charge in [-0.2, -0.15) is 0 Å². The lowest BCUT2D eigenvalue weighted by atomic mass is 9.83. The first-order chi connectivity index (χ1) is 10.1. The van der Waals surface area contributed by atoms with Gasteiger partial charge in [-0.3, -0.25) is 4.79 Å². The van der Waals surface area contributed by atoms with Gasteiger partial charge >= 0.3 is 0 Å². The number of rotatable bonds is 5. The summed E-state index contributed by atoms with van der Waals surface area (Å²) in [6.45, 7) is 5.12. The minimum Gasteiger partial charge on any atom is -0.375 e. The molecule has 2 fully saturated rings. The first kappa shape index (κ1) is 16.8. The lowest BCUT2D eigenvalue weighted by molar-refractivity contribution is -0.127. The van der Waals surface area contributed by atoms with Crippen LogP contribution in [0.25, 0.3) is 0 Å². The van der Waals surface area contributed by atoms with Gasteiger partial charge in [0.1, 0.15) is 0 Å². The molecule has 1 amide bonds. The van der Waals surface area contributed by atoms with Gasteiger partial charge in [-0.1, -0.05) is 20.3 Å². The molecule has 3 N–H and O–H groups in total. The molecule has 1 heterocycles. The van der Waals surface area contributed by atoms with Crippen molar-refractivity contribution in [3.8, 4) is 0 Å². The van der Waals surface area contributed by atoms with Crippen LogP contribution in [0.4, 0.5) is 0 Å². The first-order valence-electron chi connectivity index (χ1n) is 8.76. The molecular weight excluding hydrogens is 264 g/mol. The molecule has 0 spiro atoms. The fourth-order valence-corrected chi connectivity index (χ4v) is 3.96. The van der Waals surface area contributed by atoms with Crippen molar-refractivity contribution in [2.75, 3.05) is 6.61 Å². The van der Waals surface area contributed by atoms with Crippen molar-refractivity contribution in [1.82, 2.24) is 5.32 Å². The molecule has 0 aromatic rings. The summed E-state index contributed by atoms with van der Waals surface area (Å²) in [7, 11) is 0. The highest BCUT2D eigenvalue weighted by molar-refractivity contribution is 5.76. The van der Waals surface area contributed by atoms with E-state index in [1.54, 1.807) is 0 Å². The summed E-state index contributed by atoms with van der Waals surface area (Å²) in [6.07, 6.45) is 9.04. The van der Waals surface area contributed by atoms with E-state index in [-0.39, 0.29) is 17.6 Å². The van der Waals surface area contributed by atoms with Gasteiger partial charge in [0, 0.05) is 25.1 Å². The van der Waals surface area contributed by atoms with E-state index in [1.807, 2.05) is 0 Å². The molecule has 0 aromatic carbocycles. The molecule has 0 aromatic heterocycles. The lowest BCUT2D eigenvalue weighted by Gasteiger charge is -2.40. The van der Waals surface area contributed by atoms with E-state index < -0.39 is 0 Å². The van der Waals surface area contributed by atoms with Crippen LogP contribution < -0.4 is 11.1 Å². The molecule has 0 bridgehead atoms. The highest BCUT2D eigenvalue weighted by atomic mass is 16.5. The molecule has 1 aliphatic heterocycles. The van der Waals surface area contributed by atoms with Crippen LogP contribution in [0.3, 0.4) is 0 Å². The standard InChI is InChI=1S/C17H32N2O2/c1-3-17(4-2)12-15(8-9-21-17)19-16(20)11-13-6-5-7-14(18)10-13/h13-15H,3-12,18H2,1-2H3,(H,19,20). The molecule has 122 valence electrons. The third-order valence-corrected chi connectivity index (χ3v) is 5.44. The highest BCUT2D eigenvalue weighted by Gasteiger charge is 2.35. The van der Waals surface area contributed by atoms with E-state index in [0.29, 0.717) is 18.4 Å². The summed E-state index contributed by atoms with van der Waals surface area (Å²) < 4.78 is 5.97. The van der Waals surface area contributed by atoms with Gasteiger partial charge in [-0.15, -0.1) is 0 Å². The predicted molar refractivity (Wildman–Crippen MR) is 85.0 cm³/mol. The number of amides is 1. The van der Waals surface area contributed by atoms with E-state index in [1.165, 1.54) is 6.42 Å². The lowest BCUT2D eigenvalue weighted by Crippen LogP contribution is -2.48. The molecule has 0 radical (unpaired) electrons. The van der Waals surface area contributed by atoms with Crippen LogP contribution in [0, 0.1) is 5.92 Å². The Hall–Kier alpha value is -0.610. The minimum absolute atomic E-state index is 0.0244. The van der Waals surface area contributed by atoms with E-state index in [4.69, 9.17) is 10.5 Å². The molecular formula is C17H32N2O2. The Morgan fingerprint density at radius 3 is 2.71 bits per heavy atom. The SMILES string of the molecule is CCC1(CC)CC(NC(=O)CC2CCCC(N)C2)CCO1. The van der Waals surface area contributed by atoms with Crippen LogP contribution in [0.5, 0.6) is 0 Å². The Kier molecular flexibility index (Phi) is 6.06. The maximum Gasteiger partial charge on any atom is 0.220 e. The fourth-order valence-electron chi connectivity index (χ4n) is 3.96. The topological polar surface area (TPSA) is 64.4 Å². The maximum absolute atomic E-state index is 12.3. The second kappa shape index (κ2) is 7.59. The van der Waals surface area contributed by atoms with E-state index in [2.05, 4.69) is 19.2 Å². The highest BCUT2D eigenvalue weighted by Crippen LogP contribution is 2.32. The van der Waals surface area contributed by atoms with Gasteiger partial charge in [0.2, 0.25) is 5.91 Å². The summed E-state index contributed by atoms with van der Waals surface area (Å²) in [5.41, 5.74) is 5.98. The zero-order valence-electron chi connectivity index (χ0n) is 13.7. The molecule has 1 saturated carbocycles. The molecule has 4 heteroatoms. The van der Waals surface area contributed by atoms with Gasteiger partial charge in [-0.05, 0) is 50.9 Å². The number of nitrogens with one attached hydrogen (secondary N) is 1. The number of carbonyl (C=O) groups excluding carboxylic acids is 1. The molecule has 3 unspecified atom stereocenters. The average Bonchev–Trinajstić information content (AvgIpc) is 2.47. The Bertz CT molecular complexity index is 342. The first-order valence-corrected chi connectivity index (χ1v) is 8.76. The zero-order valence-corrected chi connectivity index (χ0v) is 13.7. The van der Waals surface area contributed by atoms with Crippen LogP contribution in [0.1, 0.15) is 71.6 Å². The second-order valence-corrected chi connectivity index (χ2v) is 6.99. The minimum atomic E-state index is -0.0244. The number of nitrogens with two attached hydrogens (primary N) is 1. The molecule has 21 heavy (non-hydrogen) atoms. The van der Waals surface area contributed by atoms with Crippen molar-refractivity contribution in [1.29, 1.82) is 0 Å². The van der Waals surface area contributed by atoms with Crippen molar-refractivity contribution >= 4 is 5.91 Å². The van der Waals surface area contributed by atoms with E-state index >= 15 is 0 Å². The van der Waals surface area contributed by atoms with Crippen molar-refractivity contribution in [3.63, 3.8) is 0 Å². The number of hydrogen-bond donors (Lipinski definition) is 2. The molecule has 4 nitrogen and oxygen atoms in total. The van der Waals surface area contributed by atoms with Crippen LogP contribution >= 0.6 is 0 Å². The van der Waals surface area contributed by atoms with Crippen LogP contribution in [-0.2, 0) is 9.53 Å². The quantitative estimate of drug-likeness (QED) is 0.820. The number of hydrogen-bond acceptors (Lipinski definition) is 3. The Balaban J connectivity index is 1.79. The van der Waals surface area contributed by atoms with Gasteiger partial charge in [0.05, 0.1) is 5.60 Å². The normalized spacial score (nSPS) is 32.6. The summed E-state index contributed by atoms with van der Waals surface area (Å²) in [5.74, 6) is 0.692. The monoisotopic (exact) mass is 296 g/mol. The van der Waals surface area contributed by atoms with E-state index in [0.717, 1.165) is 51.6 Å². The smallest absolute Gasteiger partial charge is 0.220 e. The van der Waals surface area contributed by atoms with Gasteiger partial charge in [-0.25, -0.2) is 0 Å². The molecule has 2 aliphatic rings. The van der Waals surface area contributed by atoms with Gasteiger partial charge < -0.3 is 15.8 Å². The maximum atomic E-state index is 12.3. The van der Waals surface area contributed by atoms with Gasteiger partial charge in [0.15, 0.2) is 0 Å². The summed E-state index contributed by atoms with van der Waals surface area (Å²) in [4.78, 5) is 12.3. The molecule has 2 rings (SSSR count). The zero-order chi connectivity index (χ0) is 15.3. The summed E-state index contributed by atoms with van der Waals surface area (Å²) in [5, 5.41) is 3.24. The average molecular weight is 296 g/mol. The van der Waals surface area contributed by atoms with Crippen LogP contribution in [-0.4, -0.2) is 30.2 Å². The van der Waals surface area contributed by atoms with Crippen LogP contribution in [0.2, 0.25) is 0 Å². The fraction of sp³-hybridized carbons (Fsp3) is 0.941. The van der Waals surface area contributed by atoms with Crippen LogP contribution in [0.15, 0.2) is 0 Å². The van der Waals surface area contributed by atoms with Crippen molar-refractivity contribution in [2.24, 2.45) is 11.7 Å². The number of carbonyl (C=O) groups is 1. The largest absolute Gasteiger partial charge is 0.375 e. The second-order valence-electron chi connectivity index (χ2n) is 6.99. The Morgan fingerprint density at radius 1 is 1.29 bits per heavy atom.